The fourth-order valence-corrected chi connectivity index (χ4v) is 2.61. The predicted molar refractivity (Wildman–Crippen MR) is 65.0 cm³/mol. The van der Waals surface area contributed by atoms with Crippen molar-refractivity contribution in [2.24, 2.45) is 5.92 Å². The van der Waals surface area contributed by atoms with Crippen molar-refractivity contribution in [2.75, 3.05) is 13.2 Å². The molecule has 0 aliphatic heterocycles. The van der Waals surface area contributed by atoms with Crippen molar-refractivity contribution in [3.8, 4) is 0 Å². The average Bonchev–Trinajstić information content (AvgIpc) is 2.27. The van der Waals surface area contributed by atoms with Crippen LogP contribution in [-0.4, -0.2) is 24.3 Å². The summed E-state index contributed by atoms with van der Waals surface area (Å²) in [6.07, 6.45) is 10.4. The van der Waals surface area contributed by atoms with E-state index in [-0.39, 0.29) is 0 Å². The van der Waals surface area contributed by atoms with Crippen LogP contribution in [-0.2, 0) is 0 Å². The first-order chi connectivity index (χ1) is 7.36. The van der Waals surface area contributed by atoms with E-state index in [2.05, 4.69) is 12.2 Å². The highest BCUT2D eigenvalue weighted by molar-refractivity contribution is 4.76. The fourth-order valence-electron chi connectivity index (χ4n) is 2.61. The van der Waals surface area contributed by atoms with Crippen LogP contribution in [0.25, 0.3) is 0 Å². The molecule has 2 heteroatoms. The van der Waals surface area contributed by atoms with Gasteiger partial charge in [0.2, 0.25) is 0 Å². The van der Waals surface area contributed by atoms with Crippen LogP contribution in [0.15, 0.2) is 0 Å². The molecule has 0 saturated heterocycles. The van der Waals surface area contributed by atoms with Gasteiger partial charge in [0.1, 0.15) is 0 Å². The molecule has 0 unspecified atom stereocenters. The van der Waals surface area contributed by atoms with Crippen LogP contribution >= 0.6 is 0 Å². The Bertz CT molecular complexity index is 139. The number of unbranched alkanes of at least 4 members (excludes halogenated alkanes) is 1. The lowest BCUT2D eigenvalue weighted by Crippen LogP contribution is -2.33. The molecule has 90 valence electrons. The van der Waals surface area contributed by atoms with Gasteiger partial charge in [-0.3, -0.25) is 0 Å². The van der Waals surface area contributed by atoms with Gasteiger partial charge in [-0.2, -0.15) is 0 Å². The van der Waals surface area contributed by atoms with Crippen molar-refractivity contribution in [1.29, 1.82) is 0 Å². The number of hydrogen-bond donors (Lipinski definition) is 2. The molecule has 0 amide bonds. The van der Waals surface area contributed by atoms with E-state index in [4.69, 9.17) is 5.11 Å². The number of nitrogens with one attached hydrogen (secondary N) is 1. The van der Waals surface area contributed by atoms with Crippen molar-refractivity contribution >= 4 is 0 Å². The predicted octanol–water partition coefficient (Wildman–Crippen LogP) is 2.71. The molecular formula is C13H27NO. The van der Waals surface area contributed by atoms with Crippen LogP contribution in [0.5, 0.6) is 0 Å². The summed E-state index contributed by atoms with van der Waals surface area (Å²) in [7, 11) is 0. The molecule has 0 aromatic rings. The Morgan fingerprint density at radius 1 is 1.13 bits per heavy atom. The average molecular weight is 213 g/mol. The van der Waals surface area contributed by atoms with Crippen LogP contribution in [0.1, 0.15) is 58.3 Å². The van der Waals surface area contributed by atoms with E-state index >= 15 is 0 Å². The molecule has 1 aliphatic rings. The molecule has 0 aromatic heterocycles. The maximum atomic E-state index is 8.67. The van der Waals surface area contributed by atoms with Gasteiger partial charge in [0.25, 0.3) is 0 Å². The summed E-state index contributed by atoms with van der Waals surface area (Å²) in [5.41, 5.74) is 0. The third-order valence-electron chi connectivity index (χ3n) is 3.56. The summed E-state index contributed by atoms with van der Waals surface area (Å²) in [6, 6.07) is 0.761. The van der Waals surface area contributed by atoms with Crippen LogP contribution in [0.3, 0.4) is 0 Å². The molecule has 1 aliphatic carbocycles. The molecular weight excluding hydrogens is 186 g/mol. The summed E-state index contributed by atoms with van der Waals surface area (Å²) in [6.45, 7) is 3.72. The molecule has 2 N–H and O–H groups in total. The van der Waals surface area contributed by atoms with Gasteiger partial charge in [0, 0.05) is 12.6 Å². The van der Waals surface area contributed by atoms with Gasteiger partial charge >= 0.3 is 0 Å². The van der Waals surface area contributed by atoms with Gasteiger partial charge in [-0.15, -0.1) is 0 Å². The highest BCUT2D eigenvalue weighted by Gasteiger charge is 2.19. The lowest BCUT2D eigenvalue weighted by atomic mass is 9.83. The summed E-state index contributed by atoms with van der Waals surface area (Å²) >= 11 is 0. The number of aliphatic hydroxyl groups excluding tert-OH is 1. The van der Waals surface area contributed by atoms with Crippen LogP contribution < -0.4 is 5.32 Å². The number of hydrogen-bond acceptors (Lipinski definition) is 2. The maximum Gasteiger partial charge on any atom is 0.0431 e. The first-order valence-corrected chi connectivity index (χ1v) is 6.71. The van der Waals surface area contributed by atoms with Crippen LogP contribution in [0.2, 0.25) is 0 Å². The maximum absolute atomic E-state index is 8.67. The van der Waals surface area contributed by atoms with Gasteiger partial charge in [-0.25, -0.2) is 0 Å². The first kappa shape index (κ1) is 13.0. The fraction of sp³-hybridized carbons (Fsp3) is 1.00. The van der Waals surface area contributed by atoms with E-state index in [1.807, 2.05) is 0 Å². The Morgan fingerprint density at radius 3 is 2.47 bits per heavy atom. The van der Waals surface area contributed by atoms with Crippen molar-refractivity contribution in [2.45, 2.75) is 64.3 Å². The zero-order valence-electron chi connectivity index (χ0n) is 10.2. The van der Waals surface area contributed by atoms with E-state index in [1.54, 1.807) is 0 Å². The molecule has 0 atom stereocenters. The second-order valence-electron chi connectivity index (χ2n) is 4.89. The molecule has 0 radical (unpaired) electrons. The van der Waals surface area contributed by atoms with E-state index in [1.165, 1.54) is 38.5 Å². The van der Waals surface area contributed by atoms with E-state index < -0.39 is 0 Å². The molecule has 15 heavy (non-hydrogen) atoms. The van der Waals surface area contributed by atoms with Gasteiger partial charge in [0.05, 0.1) is 0 Å². The Kier molecular flexibility index (Phi) is 7.03. The molecule has 0 heterocycles. The van der Waals surface area contributed by atoms with Crippen LogP contribution in [0.4, 0.5) is 0 Å². The quantitative estimate of drug-likeness (QED) is 0.637. The molecule has 1 saturated carbocycles. The minimum atomic E-state index is 0.338. The molecule has 2 nitrogen and oxygen atoms in total. The molecule has 1 fully saturated rings. The van der Waals surface area contributed by atoms with Gasteiger partial charge < -0.3 is 10.4 Å². The summed E-state index contributed by atoms with van der Waals surface area (Å²) in [5, 5.41) is 12.3. The highest BCUT2D eigenvalue weighted by Crippen LogP contribution is 2.27. The SMILES string of the molecule is CCCC1CCC(NCCCCO)CC1. The monoisotopic (exact) mass is 213 g/mol. The lowest BCUT2D eigenvalue weighted by molar-refractivity contribution is 0.265. The van der Waals surface area contributed by atoms with Crippen molar-refractivity contribution in [3.63, 3.8) is 0 Å². The number of aliphatic hydroxyl groups is 1. The largest absolute Gasteiger partial charge is 0.396 e. The number of rotatable bonds is 7. The van der Waals surface area contributed by atoms with E-state index in [0.29, 0.717) is 6.61 Å². The summed E-state index contributed by atoms with van der Waals surface area (Å²) in [5.74, 6) is 1.01. The Labute approximate surface area is 94.5 Å². The highest BCUT2D eigenvalue weighted by atomic mass is 16.2. The topological polar surface area (TPSA) is 32.3 Å². The van der Waals surface area contributed by atoms with E-state index in [0.717, 1.165) is 31.3 Å². The first-order valence-electron chi connectivity index (χ1n) is 6.71. The standard InChI is InChI=1S/C13H27NO/c1-2-5-12-6-8-13(9-7-12)14-10-3-4-11-15/h12-15H,2-11H2,1H3. The third kappa shape index (κ3) is 5.53. The smallest absolute Gasteiger partial charge is 0.0431 e. The van der Waals surface area contributed by atoms with E-state index in [9.17, 15) is 0 Å². The van der Waals surface area contributed by atoms with Gasteiger partial charge in [-0.05, 0) is 51.0 Å². The minimum absolute atomic E-state index is 0.338. The Hall–Kier alpha value is -0.0800. The summed E-state index contributed by atoms with van der Waals surface area (Å²) < 4.78 is 0. The molecule has 0 aromatic carbocycles. The van der Waals surface area contributed by atoms with Crippen molar-refractivity contribution < 1.29 is 5.11 Å². The van der Waals surface area contributed by atoms with Gasteiger partial charge in [-0.1, -0.05) is 19.8 Å². The molecule has 0 spiro atoms. The van der Waals surface area contributed by atoms with Crippen molar-refractivity contribution in [3.05, 3.63) is 0 Å². The third-order valence-corrected chi connectivity index (χ3v) is 3.56. The summed E-state index contributed by atoms with van der Waals surface area (Å²) in [4.78, 5) is 0. The lowest BCUT2D eigenvalue weighted by Gasteiger charge is -2.29. The Morgan fingerprint density at radius 2 is 1.87 bits per heavy atom. The second-order valence-corrected chi connectivity index (χ2v) is 4.89. The van der Waals surface area contributed by atoms with Crippen LogP contribution in [0, 0.1) is 5.92 Å². The second kappa shape index (κ2) is 8.12. The zero-order chi connectivity index (χ0) is 10.9. The van der Waals surface area contributed by atoms with Gasteiger partial charge in [0.15, 0.2) is 0 Å². The normalized spacial score (nSPS) is 26.8. The molecule has 1 rings (SSSR count). The Balaban J connectivity index is 1.99. The molecule has 0 bridgehead atoms. The van der Waals surface area contributed by atoms with Crippen molar-refractivity contribution in [1.82, 2.24) is 5.32 Å². The zero-order valence-corrected chi connectivity index (χ0v) is 10.2. The minimum Gasteiger partial charge on any atom is -0.396 e.